The van der Waals surface area contributed by atoms with Gasteiger partial charge in [0.05, 0.1) is 39.3 Å². The first-order valence-corrected chi connectivity index (χ1v) is 14.9. The van der Waals surface area contributed by atoms with E-state index in [0.29, 0.717) is 7.05 Å². The number of carbonyl (C=O) groups excluding carboxylic acids is 5. The summed E-state index contributed by atoms with van der Waals surface area (Å²) in [6.07, 6.45) is -0.734. The van der Waals surface area contributed by atoms with Crippen LogP contribution in [0.15, 0.2) is 24.3 Å². The van der Waals surface area contributed by atoms with Crippen LogP contribution >= 0.6 is 11.6 Å². The van der Waals surface area contributed by atoms with Crippen LogP contribution < -0.4 is 5.32 Å². The van der Waals surface area contributed by atoms with E-state index in [1.165, 1.54) is 12.1 Å². The number of alkyl halides is 3. The number of nitrogens with zero attached hydrogens (tertiary/aromatic N) is 1. The molecule has 0 aliphatic carbocycles. The topological polar surface area (TPSA) is 162 Å². The molecule has 0 bridgehead atoms. The van der Waals surface area contributed by atoms with Crippen molar-refractivity contribution in [3.8, 4) is 0 Å². The fourth-order valence-corrected chi connectivity index (χ4v) is 3.89. The zero-order valence-electron chi connectivity index (χ0n) is 24.9. The van der Waals surface area contributed by atoms with Crippen LogP contribution in [0.1, 0.15) is 63.7 Å². The number of rotatable bonds is 17. The SMILES string of the molecule is CN(C(=O)c1ccc(NC(=O)CCC(=O)OCC(C)(C)COCC(C)(C)COC(=O)CCC(=O)Cl)cc1)S(=O)(=O)C(F)(F)F. The van der Waals surface area contributed by atoms with Gasteiger partial charge in [-0.15, -0.1) is 0 Å². The van der Waals surface area contributed by atoms with Gasteiger partial charge in [-0.2, -0.15) is 21.6 Å². The number of hydrogen-bond donors (Lipinski definition) is 1. The van der Waals surface area contributed by atoms with Gasteiger partial charge >= 0.3 is 27.5 Å². The molecule has 248 valence electrons. The van der Waals surface area contributed by atoms with Gasteiger partial charge in [0.25, 0.3) is 5.91 Å². The number of benzene rings is 1. The van der Waals surface area contributed by atoms with E-state index in [1.807, 2.05) is 13.8 Å². The highest BCUT2D eigenvalue weighted by Crippen LogP contribution is 2.27. The van der Waals surface area contributed by atoms with Crippen LogP contribution in [0.25, 0.3) is 0 Å². The molecular formula is C27H36ClF3N2O10S. The number of ether oxygens (including phenoxy) is 3. The average Bonchev–Trinajstić information content (AvgIpc) is 2.91. The summed E-state index contributed by atoms with van der Waals surface area (Å²) in [4.78, 5) is 58.9. The summed E-state index contributed by atoms with van der Waals surface area (Å²) in [5.41, 5.74) is -6.97. The summed E-state index contributed by atoms with van der Waals surface area (Å²) in [7, 11) is -5.38. The molecule has 0 saturated carbocycles. The van der Waals surface area contributed by atoms with Gasteiger partial charge in [-0.1, -0.05) is 27.7 Å². The molecular weight excluding hydrogens is 637 g/mol. The minimum atomic E-state index is -5.86. The number of hydrogen-bond acceptors (Lipinski definition) is 10. The number of halogens is 4. The summed E-state index contributed by atoms with van der Waals surface area (Å²) < 4.78 is 76.6. The zero-order valence-corrected chi connectivity index (χ0v) is 26.5. The van der Waals surface area contributed by atoms with Crippen molar-refractivity contribution in [1.82, 2.24) is 4.31 Å². The smallest absolute Gasteiger partial charge is 0.465 e. The Bertz CT molecular complexity index is 1300. The van der Waals surface area contributed by atoms with Crippen LogP contribution in [-0.2, 0) is 43.4 Å². The Labute approximate surface area is 258 Å². The molecule has 0 fully saturated rings. The van der Waals surface area contributed by atoms with Gasteiger partial charge in [0.15, 0.2) is 0 Å². The van der Waals surface area contributed by atoms with Gasteiger partial charge in [-0.25, -0.2) is 4.31 Å². The van der Waals surface area contributed by atoms with Crippen molar-refractivity contribution in [2.75, 3.05) is 38.8 Å². The Morgan fingerprint density at radius 3 is 1.68 bits per heavy atom. The summed E-state index contributed by atoms with van der Waals surface area (Å²) in [5, 5.41) is 1.82. The van der Waals surface area contributed by atoms with E-state index in [9.17, 15) is 45.6 Å². The minimum Gasteiger partial charge on any atom is -0.465 e. The van der Waals surface area contributed by atoms with Gasteiger partial charge < -0.3 is 19.5 Å². The van der Waals surface area contributed by atoms with E-state index in [0.717, 1.165) is 12.1 Å². The maximum atomic E-state index is 12.7. The van der Waals surface area contributed by atoms with Crippen molar-refractivity contribution < 1.29 is 59.8 Å². The number of amides is 2. The number of nitrogens with one attached hydrogen (secondary N) is 1. The average molecular weight is 673 g/mol. The van der Waals surface area contributed by atoms with Crippen LogP contribution in [0.3, 0.4) is 0 Å². The monoisotopic (exact) mass is 672 g/mol. The van der Waals surface area contributed by atoms with Crippen LogP contribution in [0.2, 0.25) is 0 Å². The number of esters is 2. The summed E-state index contributed by atoms with van der Waals surface area (Å²) in [5.74, 6) is -3.20. The summed E-state index contributed by atoms with van der Waals surface area (Å²) >= 11 is 5.21. The lowest BCUT2D eigenvalue weighted by Gasteiger charge is -2.28. The first-order valence-electron chi connectivity index (χ1n) is 13.1. The van der Waals surface area contributed by atoms with Gasteiger partial charge in [0.1, 0.15) is 0 Å². The number of carbonyl (C=O) groups is 5. The Morgan fingerprint density at radius 1 is 0.795 bits per heavy atom. The lowest BCUT2D eigenvalue weighted by atomic mass is 9.94. The maximum Gasteiger partial charge on any atom is 0.516 e. The molecule has 1 N–H and O–H groups in total. The quantitative estimate of drug-likeness (QED) is 0.189. The molecule has 1 rings (SSSR count). The summed E-state index contributed by atoms with van der Waals surface area (Å²) in [6, 6.07) is 4.46. The third kappa shape index (κ3) is 13.6. The van der Waals surface area contributed by atoms with Crippen molar-refractivity contribution in [1.29, 1.82) is 0 Å². The standard InChI is InChI=1S/C27H36ClF3N2O10S/c1-25(2,16-42-22(36)12-10-20(28)34)14-41-15-26(3,4)17-43-23(37)13-11-21(35)32-19-8-6-18(7-9-19)24(38)33(5)44(39,40)27(29,30)31/h6-9H,10-17H2,1-5H3,(H,32,35). The molecule has 0 aliphatic heterocycles. The summed E-state index contributed by atoms with van der Waals surface area (Å²) in [6.45, 7) is 7.72. The van der Waals surface area contributed by atoms with Gasteiger partial charge in [-0.05, 0) is 35.9 Å². The highest BCUT2D eigenvalue weighted by molar-refractivity contribution is 7.90. The molecule has 0 aliphatic rings. The Morgan fingerprint density at radius 2 is 1.25 bits per heavy atom. The van der Waals surface area contributed by atoms with Crippen molar-refractivity contribution in [2.24, 2.45) is 10.8 Å². The van der Waals surface area contributed by atoms with Crippen molar-refractivity contribution in [3.63, 3.8) is 0 Å². The third-order valence-electron chi connectivity index (χ3n) is 5.67. The van der Waals surface area contributed by atoms with E-state index >= 15 is 0 Å². The van der Waals surface area contributed by atoms with Crippen molar-refractivity contribution >= 4 is 56.3 Å². The molecule has 0 spiro atoms. The first-order chi connectivity index (χ1) is 20.1. The van der Waals surface area contributed by atoms with Gasteiger partial charge in [0.2, 0.25) is 11.1 Å². The highest BCUT2D eigenvalue weighted by Gasteiger charge is 2.50. The lowest BCUT2D eigenvalue weighted by Crippen LogP contribution is -2.41. The third-order valence-corrected chi connectivity index (χ3v) is 7.33. The lowest BCUT2D eigenvalue weighted by molar-refractivity contribution is -0.150. The highest BCUT2D eigenvalue weighted by atomic mass is 35.5. The van der Waals surface area contributed by atoms with Crippen LogP contribution in [0.5, 0.6) is 0 Å². The van der Waals surface area contributed by atoms with Crippen molar-refractivity contribution in [3.05, 3.63) is 29.8 Å². The van der Waals surface area contributed by atoms with E-state index in [2.05, 4.69) is 5.32 Å². The van der Waals surface area contributed by atoms with E-state index in [4.69, 9.17) is 25.8 Å². The predicted molar refractivity (Wildman–Crippen MR) is 152 cm³/mol. The Hall–Kier alpha value is -3.24. The molecule has 0 aromatic heterocycles. The van der Waals surface area contributed by atoms with Crippen molar-refractivity contribution in [2.45, 2.75) is 58.9 Å². The molecule has 0 radical (unpaired) electrons. The first kappa shape index (κ1) is 38.8. The molecule has 0 atom stereocenters. The van der Waals surface area contributed by atoms with E-state index < -0.39 is 59.7 Å². The fourth-order valence-electron chi connectivity index (χ4n) is 3.16. The second-order valence-corrected chi connectivity index (χ2v) is 13.7. The maximum absolute atomic E-state index is 12.7. The van der Waals surface area contributed by atoms with Gasteiger partial charge in [0, 0.05) is 42.0 Å². The van der Waals surface area contributed by atoms with Crippen LogP contribution in [-0.4, -0.2) is 80.7 Å². The Kier molecular flexibility index (Phi) is 14.3. The fraction of sp³-hybridized carbons (Fsp3) is 0.593. The molecule has 0 saturated heterocycles. The van der Waals surface area contributed by atoms with Crippen LogP contribution in [0.4, 0.5) is 18.9 Å². The second kappa shape index (κ2) is 16.2. The normalized spacial score (nSPS) is 12.3. The molecule has 1 aromatic carbocycles. The number of anilines is 1. The van der Waals surface area contributed by atoms with Gasteiger partial charge in [-0.3, -0.25) is 24.0 Å². The largest absolute Gasteiger partial charge is 0.516 e. The molecule has 17 heteroatoms. The van der Waals surface area contributed by atoms with E-state index in [1.54, 1.807) is 13.8 Å². The zero-order chi connectivity index (χ0) is 33.9. The Balaban J connectivity index is 2.44. The molecule has 1 aromatic rings. The number of sulfonamides is 1. The van der Waals surface area contributed by atoms with E-state index in [-0.39, 0.29) is 63.4 Å². The molecule has 44 heavy (non-hydrogen) atoms. The molecule has 2 amide bonds. The molecule has 0 heterocycles. The molecule has 0 unspecified atom stereocenters. The predicted octanol–water partition coefficient (Wildman–Crippen LogP) is 4.03. The second-order valence-electron chi connectivity index (χ2n) is 11.3. The molecule has 12 nitrogen and oxygen atoms in total. The van der Waals surface area contributed by atoms with Crippen LogP contribution in [0, 0.1) is 10.8 Å². The minimum absolute atomic E-state index is 0.0106.